The minimum absolute atomic E-state index is 0.108. The molecule has 1 rings (SSSR count). The molecule has 0 saturated heterocycles. The molecule has 0 bridgehead atoms. The molecule has 0 spiro atoms. The van der Waals surface area contributed by atoms with Crippen LogP contribution >= 0.6 is 0 Å². The van der Waals surface area contributed by atoms with Crippen molar-refractivity contribution in [2.75, 3.05) is 19.7 Å². The molecule has 114 valence electrons. The number of amides is 1. The van der Waals surface area contributed by atoms with E-state index in [-0.39, 0.29) is 25.6 Å². The van der Waals surface area contributed by atoms with E-state index in [0.29, 0.717) is 23.4 Å². The van der Waals surface area contributed by atoms with E-state index in [1.807, 2.05) is 6.92 Å². The minimum atomic E-state index is -0.440. The number of nitrogens with zero attached hydrogens (tertiary/aromatic N) is 3. The lowest BCUT2D eigenvalue weighted by Crippen LogP contribution is -2.37. The van der Waals surface area contributed by atoms with Crippen molar-refractivity contribution in [2.45, 2.75) is 27.2 Å². The van der Waals surface area contributed by atoms with Crippen LogP contribution in [-0.2, 0) is 16.0 Å². The fourth-order valence-electron chi connectivity index (χ4n) is 1.87. The normalized spacial score (nSPS) is 10.0. The van der Waals surface area contributed by atoms with Gasteiger partial charge in [0, 0.05) is 6.54 Å². The van der Waals surface area contributed by atoms with Crippen LogP contribution in [0.25, 0.3) is 0 Å². The largest absolute Gasteiger partial charge is 0.465 e. The second-order valence-electron chi connectivity index (χ2n) is 4.48. The number of aromatic nitrogens is 2. The average molecular weight is 291 g/mol. The van der Waals surface area contributed by atoms with Crippen LogP contribution in [0.4, 0.5) is 0 Å². The van der Waals surface area contributed by atoms with Crippen molar-refractivity contribution in [3.05, 3.63) is 35.7 Å². The number of carbonyl (C=O) groups is 2. The van der Waals surface area contributed by atoms with Crippen molar-refractivity contribution in [1.82, 2.24) is 15.1 Å². The highest BCUT2D eigenvalue weighted by Crippen LogP contribution is 2.11. The summed E-state index contributed by atoms with van der Waals surface area (Å²) in [6.45, 7) is 9.45. The molecule has 21 heavy (non-hydrogen) atoms. The Balaban J connectivity index is 3.02. The molecule has 0 aliphatic heterocycles. The van der Waals surface area contributed by atoms with Gasteiger partial charge in [-0.2, -0.15) is 10.2 Å². The van der Waals surface area contributed by atoms with E-state index in [0.717, 1.165) is 0 Å². The monoisotopic (exact) mass is 291 g/mol. The Kier molecular flexibility index (Phi) is 6.52. The van der Waals surface area contributed by atoms with E-state index in [2.05, 4.69) is 16.8 Å². The first-order valence-corrected chi connectivity index (χ1v) is 6.92. The van der Waals surface area contributed by atoms with Gasteiger partial charge in [-0.1, -0.05) is 13.0 Å². The van der Waals surface area contributed by atoms with Crippen molar-refractivity contribution < 1.29 is 14.3 Å². The van der Waals surface area contributed by atoms with Crippen LogP contribution in [0.15, 0.2) is 18.7 Å². The van der Waals surface area contributed by atoms with Crippen LogP contribution in [0.3, 0.4) is 0 Å². The predicted molar refractivity (Wildman–Crippen MR) is 78.9 cm³/mol. The summed E-state index contributed by atoms with van der Waals surface area (Å²) in [5, 5.41) is 7.99. The molecular formula is C15H21N3O3. The summed E-state index contributed by atoms with van der Waals surface area (Å²) in [6.07, 6.45) is 2.17. The van der Waals surface area contributed by atoms with Gasteiger partial charge in [0.05, 0.1) is 23.6 Å². The lowest BCUT2D eigenvalue weighted by molar-refractivity contribution is -0.143. The first kappa shape index (κ1) is 16.8. The summed E-state index contributed by atoms with van der Waals surface area (Å²) < 4.78 is 4.89. The third-order valence-corrected chi connectivity index (χ3v) is 2.82. The van der Waals surface area contributed by atoms with E-state index in [1.54, 1.807) is 26.0 Å². The van der Waals surface area contributed by atoms with Crippen molar-refractivity contribution >= 4 is 11.9 Å². The third kappa shape index (κ3) is 4.66. The molecule has 1 heterocycles. The second kappa shape index (κ2) is 8.14. The Labute approximate surface area is 124 Å². The van der Waals surface area contributed by atoms with Gasteiger partial charge in [-0.15, -0.1) is 6.58 Å². The standard InChI is InChI=1S/C15H21N3O3/c1-5-8-18(10-14(19)21-7-3)15(20)12-9-11(4)16-17-13(12)6-2/h5,9H,1,6-8,10H2,2-4H3. The molecule has 0 aliphatic rings. The zero-order valence-corrected chi connectivity index (χ0v) is 12.8. The summed E-state index contributed by atoms with van der Waals surface area (Å²) in [5.41, 5.74) is 1.74. The molecule has 0 N–H and O–H groups in total. The van der Waals surface area contributed by atoms with Gasteiger partial charge in [-0.05, 0) is 26.3 Å². The van der Waals surface area contributed by atoms with Gasteiger partial charge in [0.1, 0.15) is 6.54 Å². The highest BCUT2D eigenvalue weighted by molar-refractivity contribution is 5.97. The van der Waals surface area contributed by atoms with E-state index in [1.165, 1.54) is 4.90 Å². The molecule has 6 heteroatoms. The molecule has 0 saturated carbocycles. The molecule has 0 aromatic carbocycles. The fourth-order valence-corrected chi connectivity index (χ4v) is 1.87. The Bertz CT molecular complexity index is 529. The van der Waals surface area contributed by atoms with E-state index in [9.17, 15) is 9.59 Å². The molecular weight excluding hydrogens is 270 g/mol. The van der Waals surface area contributed by atoms with Gasteiger partial charge in [0.15, 0.2) is 0 Å². The maximum Gasteiger partial charge on any atom is 0.325 e. The number of esters is 1. The first-order chi connectivity index (χ1) is 10.0. The smallest absolute Gasteiger partial charge is 0.325 e. The van der Waals surface area contributed by atoms with Gasteiger partial charge < -0.3 is 9.64 Å². The second-order valence-corrected chi connectivity index (χ2v) is 4.48. The quantitative estimate of drug-likeness (QED) is 0.563. The van der Waals surface area contributed by atoms with Crippen molar-refractivity contribution in [2.24, 2.45) is 0 Å². The minimum Gasteiger partial charge on any atom is -0.465 e. The van der Waals surface area contributed by atoms with Crippen LogP contribution < -0.4 is 0 Å². The summed E-state index contributed by atoms with van der Waals surface area (Å²) >= 11 is 0. The van der Waals surface area contributed by atoms with Gasteiger partial charge in [-0.3, -0.25) is 9.59 Å². The average Bonchev–Trinajstić information content (AvgIpc) is 2.46. The zero-order valence-electron chi connectivity index (χ0n) is 12.8. The Morgan fingerprint density at radius 1 is 1.38 bits per heavy atom. The molecule has 0 radical (unpaired) electrons. The van der Waals surface area contributed by atoms with Crippen LogP contribution in [0, 0.1) is 6.92 Å². The molecule has 0 unspecified atom stereocenters. The van der Waals surface area contributed by atoms with Gasteiger partial charge in [0.2, 0.25) is 0 Å². The number of carbonyl (C=O) groups excluding carboxylic acids is 2. The van der Waals surface area contributed by atoms with Crippen molar-refractivity contribution in [3.63, 3.8) is 0 Å². The highest BCUT2D eigenvalue weighted by Gasteiger charge is 2.21. The van der Waals surface area contributed by atoms with Gasteiger partial charge in [-0.25, -0.2) is 0 Å². The molecule has 1 aromatic heterocycles. The molecule has 0 atom stereocenters. The maximum atomic E-state index is 12.6. The topological polar surface area (TPSA) is 72.4 Å². The molecule has 1 aromatic rings. The molecule has 0 aliphatic carbocycles. The van der Waals surface area contributed by atoms with Crippen LogP contribution in [-0.4, -0.2) is 46.7 Å². The SMILES string of the molecule is C=CCN(CC(=O)OCC)C(=O)c1cc(C)nnc1CC. The zero-order chi connectivity index (χ0) is 15.8. The summed E-state index contributed by atoms with van der Waals surface area (Å²) in [6, 6.07) is 1.69. The predicted octanol–water partition coefficient (Wildman–Crippen LogP) is 1.54. The number of hydrogen-bond acceptors (Lipinski definition) is 5. The van der Waals surface area contributed by atoms with Crippen LogP contribution in [0.2, 0.25) is 0 Å². The summed E-state index contributed by atoms with van der Waals surface area (Å²) in [7, 11) is 0. The Morgan fingerprint density at radius 3 is 2.67 bits per heavy atom. The number of ether oxygens (including phenoxy) is 1. The van der Waals surface area contributed by atoms with Gasteiger partial charge >= 0.3 is 5.97 Å². The summed E-state index contributed by atoms with van der Waals surface area (Å²) in [4.78, 5) is 25.6. The number of rotatable bonds is 7. The Hall–Kier alpha value is -2.24. The molecule has 1 amide bonds. The number of hydrogen-bond donors (Lipinski definition) is 0. The fraction of sp³-hybridized carbons (Fsp3) is 0.467. The van der Waals surface area contributed by atoms with Gasteiger partial charge in [0.25, 0.3) is 5.91 Å². The van der Waals surface area contributed by atoms with E-state index >= 15 is 0 Å². The van der Waals surface area contributed by atoms with E-state index in [4.69, 9.17) is 4.74 Å². The van der Waals surface area contributed by atoms with Crippen LogP contribution in [0.5, 0.6) is 0 Å². The molecule has 6 nitrogen and oxygen atoms in total. The van der Waals surface area contributed by atoms with Crippen molar-refractivity contribution in [3.8, 4) is 0 Å². The summed E-state index contributed by atoms with van der Waals surface area (Å²) in [5.74, 6) is -0.706. The Morgan fingerprint density at radius 2 is 2.10 bits per heavy atom. The number of aryl methyl sites for hydroxylation is 2. The molecule has 0 fully saturated rings. The van der Waals surface area contributed by atoms with E-state index < -0.39 is 5.97 Å². The first-order valence-electron chi connectivity index (χ1n) is 6.92. The highest BCUT2D eigenvalue weighted by atomic mass is 16.5. The lowest BCUT2D eigenvalue weighted by atomic mass is 10.1. The van der Waals surface area contributed by atoms with Crippen molar-refractivity contribution in [1.29, 1.82) is 0 Å². The third-order valence-electron chi connectivity index (χ3n) is 2.82. The van der Waals surface area contributed by atoms with Crippen LogP contribution in [0.1, 0.15) is 35.6 Å². The maximum absolute atomic E-state index is 12.6. The lowest BCUT2D eigenvalue weighted by Gasteiger charge is -2.21.